The SMILES string of the molecule is c1ccc(-c2ccc(-c3ccc(-n4c5ccccc5c5cc(-c6ccc7c(c6)c6ccccc6n7-c6cccc(-c7cc8c9ccccc9c9ccccc9c8c8c7ccc7ccccc78)c6)ccc54)cc3)cc2)cc1. The minimum absolute atomic E-state index is 1.14. The summed E-state index contributed by atoms with van der Waals surface area (Å²) in [5, 5.41) is 17.8. The maximum atomic E-state index is 2.47. The summed E-state index contributed by atoms with van der Waals surface area (Å²) in [6.07, 6.45) is 0. The summed E-state index contributed by atoms with van der Waals surface area (Å²) in [7, 11) is 0. The Hall–Kier alpha value is -10.0. The lowest BCUT2D eigenvalue weighted by Gasteiger charge is -2.18. The molecule has 0 radical (unpaired) electrons. The molecule has 0 fully saturated rings. The number of hydrogen-bond donors (Lipinski definition) is 0. The number of para-hydroxylation sites is 2. The highest BCUT2D eigenvalue weighted by atomic mass is 15.0. The summed E-state index contributed by atoms with van der Waals surface area (Å²) in [5.74, 6) is 0. The van der Waals surface area contributed by atoms with Crippen LogP contribution in [-0.2, 0) is 0 Å². The summed E-state index contributed by atoms with van der Waals surface area (Å²) in [6.45, 7) is 0. The molecular formula is C74H46N2. The van der Waals surface area contributed by atoms with E-state index < -0.39 is 0 Å². The van der Waals surface area contributed by atoms with E-state index in [9.17, 15) is 0 Å². The summed E-state index contributed by atoms with van der Waals surface area (Å²) in [5.41, 5.74) is 16.7. The molecule has 0 aliphatic rings. The molecule has 0 amide bonds. The predicted molar refractivity (Wildman–Crippen MR) is 324 cm³/mol. The van der Waals surface area contributed by atoms with Gasteiger partial charge in [0, 0.05) is 32.9 Å². The van der Waals surface area contributed by atoms with Crippen LogP contribution in [0.5, 0.6) is 0 Å². The largest absolute Gasteiger partial charge is 0.309 e. The van der Waals surface area contributed by atoms with E-state index >= 15 is 0 Å². The van der Waals surface area contributed by atoms with Crippen molar-refractivity contribution in [3.63, 3.8) is 0 Å². The molecular weight excluding hydrogens is 917 g/mol. The zero-order valence-electron chi connectivity index (χ0n) is 41.5. The first kappa shape index (κ1) is 42.5. The maximum absolute atomic E-state index is 2.47. The van der Waals surface area contributed by atoms with Crippen LogP contribution in [0.4, 0.5) is 0 Å². The van der Waals surface area contributed by atoms with Crippen LogP contribution in [0, 0.1) is 0 Å². The first-order chi connectivity index (χ1) is 37.7. The first-order valence-electron chi connectivity index (χ1n) is 26.3. The summed E-state index contributed by atoms with van der Waals surface area (Å²) >= 11 is 0. The molecule has 0 bridgehead atoms. The first-order valence-corrected chi connectivity index (χ1v) is 26.3. The van der Waals surface area contributed by atoms with Gasteiger partial charge in [-0.15, -0.1) is 0 Å². The smallest absolute Gasteiger partial charge is 0.0541 e. The Morgan fingerprint density at radius 3 is 1.25 bits per heavy atom. The van der Waals surface area contributed by atoms with Gasteiger partial charge in [0.2, 0.25) is 0 Å². The Bertz CT molecular complexity index is 5010. The van der Waals surface area contributed by atoms with Gasteiger partial charge in [-0.3, -0.25) is 0 Å². The molecule has 0 saturated heterocycles. The molecule has 16 rings (SSSR count). The highest BCUT2D eigenvalue weighted by Crippen LogP contribution is 2.46. The molecule has 0 spiro atoms. The van der Waals surface area contributed by atoms with Gasteiger partial charge in [0.25, 0.3) is 0 Å². The average molecular weight is 963 g/mol. The van der Waals surface area contributed by atoms with E-state index in [0.717, 1.165) is 11.4 Å². The number of fused-ring (bicyclic) bond motifs is 16. The highest BCUT2D eigenvalue weighted by molar-refractivity contribution is 6.36. The van der Waals surface area contributed by atoms with Crippen molar-refractivity contribution in [3.8, 4) is 55.9 Å². The van der Waals surface area contributed by atoms with Crippen LogP contribution < -0.4 is 0 Å². The lowest BCUT2D eigenvalue weighted by Crippen LogP contribution is -1.95. The molecule has 0 saturated carbocycles. The molecule has 2 heteroatoms. The van der Waals surface area contributed by atoms with E-state index in [1.54, 1.807) is 0 Å². The maximum Gasteiger partial charge on any atom is 0.0541 e. The van der Waals surface area contributed by atoms with Crippen molar-refractivity contribution < 1.29 is 0 Å². The second-order valence-electron chi connectivity index (χ2n) is 20.4. The van der Waals surface area contributed by atoms with E-state index in [-0.39, 0.29) is 0 Å². The molecule has 2 aromatic heterocycles. The molecule has 352 valence electrons. The minimum Gasteiger partial charge on any atom is -0.309 e. The van der Waals surface area contributed by atoms with Crippen molar-refractivity contribution in [2.45, 2.75) is 0 Å². The van der Waals surface area contributed by atoms with E-state index in [4.69, 9.17) is 0 Å². The van der Waals surface area contributed by atoms with E-state index in [1.165, 1.54) is 142 Å². The lowest BCUT2D eigenvalue weighted by atomic mass is 9.85. The molecule has 0 aliphatic heterocycles. The van der Waals surface area contributed by atoms with Crippen LogP contribution in [-0.4, -0.2) is 9.13 Å². The summed E-state index contributed by atoms with van der Waals surface area (Å²) < 4.78 is 4.87. The predicted octanol–water partition coefficient (Wildman–Crippen LogP) is 20.3. The molecule has 0 unspecified atom stereocenters. The Balaban J connectivity index is 0.809. The fourth-order valence-electron chi connectivity index (χ4n) is 12.8. The number of rotatable bonds is 6. The topological polar surface area (TPSA) is 9.86 Å². The van der Waals surface area contributed by atoms with Crippen molar-refractivity contribution >= 4 is 97.5 Å². The molecule has 16 aromatic rings. The fraction of sp³-hybridized carbons (Fsp3) is 0. The minimum atomic E-state index is 1.14. The molecule has 76 heavy (non-hydrogen) atoms. The summed E-state index contributed by atoms with van der Waals surface area (Å²) in [4.78, 5) is 0. The van der Waals surface area contributed by atoms with Crippen molar-refractivity contribution in [3.05, 3.63) is 279 Å². The Morgan fingerprint density at radius 2 is 0.618 bits per heavy atom. The van der Waals surface area contributed by atoms with Crippen molar-refractivity contribution in [2.75, 3.05) is 0 Å². The van der Waals surface area contributed by atoms with E-state index in [0.29, 0.717) is 0 Å². The summed E-state index contributed by atoms with van der Waals surface area (Å²) in [6, 6.07) is 103. The van der Waals surface area contributed by atoms with E-state index in [2.05, 4.69) is 288 Å². The molecule has 14 aromatic carbocycles. The van der Waals surface area contributed by atoms with Crippen LogP contribution in [0.2, 0.25) is 0 Å². The van der Waals surface area contributed by atoms with Crippen molar-refractivity contribution in [1.29, 1.82) is 0 Å². The Morgan fingerprint density at radius 1 is 0.184 bits per heavy atom. The fourth-order valence-corrected chi connectivity index (χ4v) is 12.8. The number of hydrogen-bond acceptors (Lipinski definition) is 0. The number of nitrogens with zero attached hydrogens (tertiary/aromatic N) is 2. The monoisotopic (exact) mass is 962 g/mol. The van der Waals surface area contributed by atoms with Gasteiger partial charge in [-0.05, 0) is 165 Å². The van der Waals surface area contributed by atoms with Gasteiger partial charge in [0.1, 0.15) is 0 Å². The van der Waals surface area contributed by atoms with Crippen molar-refractivity contribution in [2.24, 2.45) is 0 Å². The number of aromatic nitrogens is 2. The Labute approximate surface area is 439 Å². The standard InChI is InChI=1S/C74H46N2/c1-2-15-47(16-3-1)48-29-31-49(32-30-48)50-33-38-55(39-34-50)75-69-27-12-10-24-61(69)66-44-52(36-41-71(66)75)53-37-42-72-67(45-53)62-25-11-13-28-70(62)76(72)56-19-14-18-54(43-56)65-46-68-60-23-7-6-21-58(60)59-22-8-9-26-63(59)74(68)73-57-20-5-4-17-51(57)35-40-64(65)73/h1-46H. The molecule has 0 N–H and O–H groups in total. The van der Waals surface area contributed by atoms with Crippen LogP contribution in [0.3, 0.4) is 0 Å². The molecule has 2 nitrogen and oxygen atoms in total. The molecule has 0 aliphatic carbocycles. The van der Waals surface area contributed by atoms with Gasteiger partial charge in [-0.25, -0.2) is 0 Å². The molecule has 0 atom stereocenters. The zero-order valence-corrected chi connectivity index (χ0v) is 41.5. The normalized spacial score (nSPS) is 11.9. The third-order valence-electron chi connectivity index (χ3n) is 16.3. The van der Waals surface area contributed by atoms with Crippen LogP contribution in [0.1, 0.15) is 0 Å². The van der Waals surface area contributed by atoms with Gasteiger partial charge >= 0.3 is 0 Å². The number of benzene rings is 14. The second-order valence-corrected chi connectivity index (χ2v) is 20.4. The highest BCUT2D eigenvalue weighted by Gasteiger charge is 2.20. The van der Waals surface area contributed by atoms with Gasteiger partial charge < -0.3 is 9.13 Å². The van der Waals surface area contributed by atoms with Crippen LogP contribution in [0.25, 0.3) is 153 Å². The van der Waals surface area contributed by atoms with E-state index in [1.807, 2.05) is 0 Å². The third-order valence-corrected chi connectivity index (χ3v) is 16.3. The van der Waals surface area contributed by atoms with Crippen molar-refractivity contribution in [1.82, 2.24) is 9.13 Å². The van der Waals surface area contributed by atoms with Gasteiger partial charge in [0.15, 0.2) is 0 Å². The van der Waals surface area contributed by atoms with Crippen LogP contribution in [0.15, 0.2) is 279 Å². The quantitative estimate of drug-likeness (QED) is 0.147. The van der Waals surface area contributed by atoms with Gasteiger partial charge in [-0.2, -0.15) is 0 Å². The average Bonchev–Trinajstić information content (AvgIpc) is 4.14. The molecule has 2 heterocycles. The van der Waals surface area contributed by atoms with Crippen LogP contribution >= 0.6 is 0 Å². The Kier molecular flexibility index (Phi) is 9.37. The second kappa shape index (κ2) is 16.8. The third kappa shape index (κ3) is 6.47. The van der Waals surface area contributed by atoms with Gasteiger partial charge in [-0.1, -0.05) is 212 Å². The lowest BCUT2D eigenvalue weighted by molar-refractivity contribution is 1.18. The zero-order chi connectivity index (χ0) is 49.8. The van der Waals surface area contributed by atoms with Gasteiger partial charge in [0.05, 0.1) is 22.1 Å².